The van der Waals surface area contributed by atoms with E-state index >= 15 is 0 Å². The molecule has 0 radical (unpaired) electrons. The number of piperazine rings is 1. The average molecular weight is 493 g/mol. The molecule has 0 amide bonds. The number of aliphatic imine (C=N–C) groups is 1. The number of halogens is 1. The smallest absolute Gasteiger partial charge is 0.335 e. The first-order valence-corrected chi connectivity index (χ1v) is 11.8. The van der Waals surface area contributed by atoms with Crippen molar-refractivity contribution in [3.8, 4) is 5.75 Å². The highest BCUT2D eigenvalue weighted by atomic mass is 35.5. The van der Waals surface area contributed by atoms with Crippen molar-refractivity contribution in [1.82, 2.24) is 4.90 Å². The van der Waals surface area contributed by atoms with Crippen molar-refractivity contribution in [2.75, 3.05) is 43.5 Å². The topological polar surface area (TPSA) is 77.4 Å². The number of aromatic carboxylic acids is 1. The molecular weight excluding hydrogens is 464 g/mol. The normalized spacial score (nSPS) is 14.1. The van der Waals surface area contributed by atoms with Crippen molar-refractivity contribution in [3.05, 3.63) is 88.4 Å². The molecule has 35 heavy (non-hydrogen) atoms. The lowest BCUT2D eigenvalue weighted by molar-refractivity contribution is 0.0697. The molecule has 0 aromatic heterocycles. The molecule has 3 aromatic carbocycles. The number of hydrogen-bond acceptors (Lipinski definition) is 4. The Bertz CT molecular complexity index is 1220. The maximum absolute atomic E-state index is 11.4. The Balaban J connectivity index is 1.54. The molecule has 0 saturated carbocycles. The van der Waals surface area contributed by atoms with Gasteiger partial charge in [0, 0.05) is 42.6 Å². The highest BCUT2D eigenvalue weighted by Crippen LogP contribution is 2.25. The van der Waals surface area contributed by atoms with Crippen LogP contribution in [0.3, 0.4) is 0 Å². The molecule has 1 fully saturated rings. The van der Waals surface area contributed by atoms with E-state index in [2.05, 4.69) is 22.0 Å². The van der Waals surface area contributed by atoms with Crippen LogP contribution in [-0.2, 0) is 6.54 Å². The zero-order chi connectivity index (χ0) is 24.8. The monoisotopic (exact) mass is 492 g/mol. The van der Waals surface area contributed by atoms with Gasteiger partial charge in [-0.1, -0.05) is 35.9 Å². The summed E-state index contributed by atoms with van der Waals surface area (Å²) in [7, 11) is 1.64. The van der Waals surface area contributed by atoms with Gasteiger partial charge in [0.2, 0.25) is 0 Å². The number of rotatable bonds is 6. The second-order valence-electron chi connectivity index (χ2n) is 8.41. The molecule has 1 heterocycles. The van der Waals surface area contributed by atoms with Crippen LogP contribution in [0.2, 0.25) is 5.02 Å². The molecule has 0 bridgehead atoms. The van der Waals surface area contributed by atoms with Crippen molar-refractivity contribution >= 4 is 34.9 Å². The Labute approximate surface area is 210 Å². The third-order valence-corrected chi connectivity index (χ3v) is 6.24. The number of benzene rings is 3. The van der Waals surface area contributed by atoms with E-state index in [4.69, 9.17) is 21.3 Å². The number of carboxylic acid groups (broad SMARTS) is 1. The van der Waals surface area contributed by atoms with E-state index in [-0.39, 0.29) is 5.56 Å². The van der Waals surface area contributed by atoms with Gasteiger partial charge >= 0.3 is 5.97 Å². The first-order chi connectivity index (χ1) is 16.9. The van der Waals surface area contributed by atoms with Crippen LogP contribution in [0.1, 0.15) is 21.5 Å². The summed E-state index contributed by atoms with van der Waals surface area (Å²) < 4.78 is 5.34. The molecule has 3 aromatic rings. The van der Waals surface area contributed by atoms with Crippen molar-refractivity contribution in [1.29, 1.82) is 0 Å². The van der Waals surface area contributed by atoms with Crippen molar-refractivity contribution in [3.63, 3.8) is 0 Å². The number of anilines is 2. The molecule has 8 heteroatoms. The van der Waals surface area contributed by atoms with Gasteiger partial charge < -0.3 is 25.0 Å². The van der Waals surface area contributed by atoms with Gasteiger partial charge in [-0.05, 0) is 60.5 Å². The number of aryl methyl sites for hydroxylation is 1. The standard InChI is InChI=1S/C27H29ClN4O3/c1-19-9-10-22(28)17-25(19)31-11-13-32(14-12-31)27(29-18-20-5-3-8-24(15-20)35-2)30-23-7-4-6-21(16-23)26(33)34/h3-10,15-17H,11-14,18H2,1-2H3,(H,29,30)(H,33,34). The molecule has 0 unspecified atom stereocenters. The molecule has 1 saturated heterocycles. The van der Waals surface area contributed by atoms with Crippen LogP contribution < -0.4 is 15.0 Å². The quantitative estimate of drug-likeness (QED) is 0.366. The third-order valence-electron chi connectivity index (χ3n) is 6.00. The fourth-order valence-electron chi connectivity index (χ4n) is 4.10. The van der Waals surface area contributed by atoms with Crippen LogP contribution in [0.5, 0.6) is 5.75 Å². The first-order valence-electron chi connectivity index (χ1n) is 11.5. The van der Waals surface area contributed by atoms with Crippen LogP contribution in [0, 0.1) is 6.92 Å². The summed E-state index contributed by atoms with van der Waals surface area (Å²) in [5.74, 6) is 0.527. The SMILES string of the molecule is COc1cccc(CN=C(Nc2cccc(C(=O)O)c2)N2CCN(c3cc(Cl)ccc3C)CC2)c1. The predicted octanol–water partition coefficient (Wildman–Crippen LogP) is 5.15. The lowest BCUT2D eigenvalue weighted by atomic mass is 10.1. The summed E-state index contributed by atoms with van der Waals surface area (Å²) >= 11 is 6.24. The van der Waals surface area contributed by atoms with Gasteiger partial charge in [-0.15, -0.1) is 0 Å². The lowest BCUT2D eigenvalue weighted by Gasteiger charge is -2.38. The maximum Gasteiger partial charge on any atom is 0.335 e. The molecule has 1 aliphatic heterocycles. The molecule has 182 valence electrons. The zero-order valence-corrected chi connectivity index (χ0v) is 20.6. The van der Waals surface area contributed by atoms with Gasteiger partial charge in [-0.3, -0.25) is 0 Å². The number of ether oxygens (including phenoxy) is 1. The minimum absolute atomic E-state index is 0.225. The number of nitrogens with zero attached hydrogens (tertiary/aromatic N) is 3. The maximum atomic E-state index is 11.4. The number of hydrogen-bond donors (Lipinski definition) is 2. The van der Waals surface area contributed by atoms with Crippen LogP contribution in [-0.4, -0.2) is 55.2 Å². The largest absolute Gasteiger partial charge is 0.497 e. The Kier molecular flexibility index (Phi) is 7.77. The number of carboxylic acids is 1. The van der Waals surface area contributed by atoms with Crippen molar-refractivity contribution in [2.24, 2.45) is 4.99 Å². The summed E-state index contributed by atoms with van der Waals surface area (Å²) in [4.78, 5) is 20.9. The lowest BCUT2D eigenvalue weighted by Crippen LogP contribution is -2.51. The molecule has 0 spiro atoms. The molecule has 0 aliphatic carbocycles. The van der Waals surface area contributed by atoms with Crippen LogP contribution in [0.15, 0.2) is 71.7 Å². The highest BCUT2D eigenvalue weighted by Gasteiger charge is 2.22. The van der Waals surface area contributed by atoms with E-state index in [1.807, 2.05) is 48.5 Å². The molecule has 1 aliphatic rings. The number of guanidine groups is 1. The predicted molar refractivity (Wildman–Crippen MR) is 141 cm³/mol. The Morgan fingerprint density at radius 3 is 2.57 bits per heavy atom. The second-order valence-corrected chi connectivity index (χ2v) is 8.84. The van der Waals surface area contributed by atoms with Crippen LogP contribution in [0.4, 0.5) is 11.4 Å². The first kappa shape index (κ1) is 24.4. The van der Waals surface area contributed by atoms with E-state index in [1.54, 1.807) is 25.3 Å². The Morgan fingerprint density at radius 1 is 1.06 bits per heavy atom. The van der Waals surface area contributed by atoms with Gasteiger partial charge in [-0.25, -0.2) is 9.79 Å². The molecule has 4 rings (SSSR count). The van der Waals surface area contributed by atoms with Gasteiger partial charge in [0.1, 0.15) is 5.75 Å². The molecule has 0 atom stereocenters. The molecule has 2 N–H and O–H groups in total. The van der Waals surface area contributed by atoms with Gasteiger partial charge in [0.15, 0.2) is 5.96 Å². The van der Waals surface area contributed by atoms with Gasteiger partial charge in [0.05, 0.1) is 19.2 Å². The second kappa shape index (κ2) is 11.1. The van der Waals surface area contributed by atoms with Crippen molar-refractivity contribution < 1.29 is 14.6 Å². The fourth-order valence-corrected chi connectivity index (χ4v) is 4.26. The van der Waals surface area contributed by atoms with Crippen molar-refractivity contribution in [2.45, 2.75) is 13.5 Å². The highest BCUT2D eigenvalue weighted by molar-refractivity contribution is 6.30. The van der Waals surface area contributed by atoms with E-state index in [0.717, 1.165) is 48.2 Å². The van der Waals surface area contributed by atoms with Gasteiger partial charge in [-0.2, -0.15) is 0 Å². The van der Waals surface area contributed by atoms with Gasteiger partial charge in [0.25, 0.3) is 0 Å². The van der Waals surface area contributed by atoms with Crippen LogP contribution in [0.25, 0.3) is 0 Å². The van der Waals surface area contributed by atoms with E-state index in [0.29, 0.717) is 18.2 Å². The van der Waals surface area contributed by atoms with E-state index in [1.165, 1.54) is 5.56 Å². The number of methoxy groups -OCH3 is 1. The van der Waals surface area contributed by atoms with E-state index in [9.17, 15) is 9.90 Å². The number of nitrogens with one attached hydrogen (secondary N) is 1. The third kappa shape index (κ3) is 6.25. The molecule has 7 nitrogen and oxygen atoms in total. The summed E-state index contributed by atoms with van der Waals surface area (Å²) in [6, 6.07) is 20.6. The summed E-state index contributed by atoms with van der Waals surface area (Å²) in [5, 5.41) is 13.5. The summed E-state index contributed by atoms with van der Waals surface area (Å²) in [6.45, 7) is 5.71. The minimum Gasteiger partial charge on any atom is -0.497 e. The van der Waals surface area contributed by atoms with E-state index < -0.39 is 5.97 Å². The molecular formula is C27H29ClN4O3. The van der Waals surface area contributed by atoms with Crippen LogP contribution >= 0.6 is 11.6 Å². The summed E-state index contributed by atoms with van der Waals surface area (Å²) in [5.41, 5.74) is 4.27. The number of carbonyl (C=O) groups is 1. The Morgan fingerprint density at radius 2 is 1.83 bits per heavy atom. The zero-order valence-electron chi connectivity index (χ0n) is 19.9. The Hall–Kier alpha value is -3.71. The summed E-state index contributed by atoms with van der Waals surface area (Å²) in [6.07, 6.45) is 0. The average Bonchev–Trinajstić information content (AvgIpc) is 2.88. The minimum atomic E-state index is -0.964. The fraction of sp³-hybridized carbons (Fsp3) is 0.259.